The number of rotatable bonds is 4. The fourth-order valence-electron chi connectivity index (χ4n) is 2.85. The lowest BCUT2D eigenvalue weighted by Crippen LogP contribution is -2.39. The van der Waals surface area contributed by atoms with Gasteiger partial charge in [-0.3, -0.25) is 14.3 Å². The zero-order chi connectivity index (χ0) is 17.6. The molecule has 1 fully saturated rings. The van der Waals surface area contributed by atoms with Crippen LogP contribution in [0.3, 0.4) is 0 Å². The molecule has 0 saturated heterocycles. The number of carbonyl (C=O) groups excluding carboxylic acids is 2. The maximum Gasteiger partial charge on any atom is 0.272 e. The highest BCUT2D eigenvalue weighted by atomic mass is 35.5. The van der Waals surface area contributed by atoms with Crippen molar-refractivity contribution in [3.8, 4) is 0 Å². The zero-order valence-corrected chi connectivity index (χ0v) is 14.8. The highest BCUT2D eigenvalue weighted by molar-refractivity contribution is 6.42. The maximum atomic E-state index is 12.7. The normalized spacial score (nSPS) is 16.7. The van der Waals surface area contributed by atoms with Gasteiger partial charge in [-0.05, 0) is 30.5 Å². The van der Waals surface area contributed by atoms with Crippen LogP contribution in [-0.4, -0.2) is 39.1 Å². The summed E-state index contributed by atoms with van der Waals surface area (Å²) in [5.41, 5.74) is 1.64. The largest absolute Gasteiger partial charge is 0.348 e. The van der Waals surface area contributed by atoms with Gasteiger partial charge in [0, 0.05) is 25.2 Å². The summed E-state index contributed by atoms with van der Waals surface area (Å²) in [5, 5.41) is 8.11. The Morgan fingerprint density at radius 3 is 2.72 bits per heavy atom. The number of hydrogen-bond donors (Lipinski definition) is 1. The van der Waals surface area contributed by atoms with Gasteiger partial charge in [0.25, 0.3) is 11.8 Å². The monoisotopic (exact) mass is 378 g/mol. The van der Waals surface area contributed by atoms with E-state index in [1.54, 1.807) is 27.8 Å². The van der Waals surface area contributed by atoms with Crippen LogP contribution in [0, 0.1) is 0 Å². The molecular weight excluding hydrogens is 363 g/mol. The van der Waals surface area contributed by atoms with Crippen molar-refractivity contribution < 1.29 is 9.59 Å². The van der Waals surface area contributed by atoms with E-state index in [0.29, 0.717) is 41.1 Å². The first-order valence-corrected chi connectivity index (χ1v) is 8.89. The van der Waals surface area contributed by atoms with Gasteiger partial charge in [-0.2, -0.15) is 5.10 Å². The van der Waals surface area contributed by atoms with Gasteiger partial charge in [-0.1, -0.05) is 29.3 Å². The molecule has 2 amide bonds. The van der Waals surface area contributed by atoms with Crippen LogP contribution < -0.4 is 5.32 Å². The fraction of sp³-hybridized carbons (Fsp3) is 0.353. The second kappa shape index (κ2) is 6.35. The molecule has 2 heterocycles. The molecule has 0 unspecified atom stereocenters. The van der Waals surface area contributed by atoms with E-state index < -0.39 is 0 Å². The van der Waals surface area contributed by atoms with E-state index in [-0.39, 0.29) is 17.9 Å². The average molecular weight is 379 g/mol. The summed E-state index contributed by atoms with van der Waals surface area (Å²) in [7, 11) is 0. The summed E-state index contributed by atoms with van der Waals surface area (Å²) in [6.45, 7) is 1.51. The van der Waals surface area contributed by atoms with Crippen LogP contribution in [0.1, 0.15) is 39.4 Å². The molecule has 1 aliphatic heterocycles. The fourth-order valence-corrected chi connectivity index (χ4v) is 3.17. The number of amides is 2. The van der Waals surface area contributed by atoms with Crippen LogP contribution in [0.25, 0.3) is 0 Å². The quantitative estimate of drug-likeness (QED) is 0.889. The maximum absolute atomic E-state index is 12.7. The Balaban J connectivity index is 1.51. The Morgan fingerprint density at radius 1 is 1.20 bits per heavy atom. The number of halogens is 2. The highest BCUT2D eigenvalue weighted by Gasteiger charge is 2.30. The second-order valence-electron chi connectivity index (χ2n) is 6.36. The van der Waals surface area contributed by atoms with Crippen molar-refractivity contribution in [3.63, 3.8) is 0 Å². The molecule has 0 radical (unpaired) electrons. The molecule has 1 aliphatic carbocycles. The predicted molar refractivity (Wildman–Crippen MR) is 93.9 cm³/mol. The molecule has 1 aromatic carbocycles. The Labute approximate surface area is 154 Å². The van der Waals surface area contributed by atoms with Gasteiger partial charge in [-0.15, -0.1) is 0 Å². The van der Waals surface area contributed by atoms with E-state index in [4.69, 9.17) is 23.2 Å². The molecule has 2 aliphatic rings. The van der Waals surface area contributed by atoms with Gasteiger partial charge in [0.15, 0.2) is 5.69 Å². The van der Waals surface area contributed by atoms with Crippen LogP contribution >= 0.6 is 23.2 Å². The van der Waals surface area contributed by atoms with Crippen molar-refractivity contribution in [3.05, 3.63) is 51.3 Å². The number of benzene rings is 1. The first-order valence-electron chi connectivity index (χ1n) is 8.13. The van der Waals surface area contributed by atoms with Crippen LogP contribution in [-0.2, 0) is 13.1 Å². The minimum absolute atomic E-state index is 0.143. The zero-order valence-electron chi connectivity index (χ0n) is 13.3. The molecule has 2 aromatic rings. The lowest BCUT2D eigenvalue weighted by molar-refractivity contribution is 0.0683. The van der Waals surface area contributed by atoms with E-state index >= 15 is 0 Å². The van der Waals surface area contributed by atoms with Crippen LogP contribution in [0.15, 0.2) is 24.3 Å². The molecule has 0 atom stereocenters. The second-order valence-corrected chi connectivity index (χ2v) is 7.18. The third-order valence-corrected chi connectivity index (χ3v) is 5.11. The molecule has 8 heteroatoms. The van der Waals surface area contributed by atoms with Crippen molar-refractivity contribution in [2.75, 3.05) is 6.54 Å². The minimum Gasteiger partial charge on any atom is -0.348 e. The van der Waals surface area contributed by atoms with Crippen LogP contribution in [0.4, 0.5) is 0 Å². The van der Waals surface area contributed by atoms with Gasteiger partial charge in [0.2, 0.25) is 0 Å². The molecule has 1 saturated carbocycles. The predicted octanol–water partition coefficient (Wildman–Crippen LogP) is 2.74. The molecule has 130 valence electrons. The number of fused-ring (bicyclic) bond motifs is 1. The molecule has 1 N–H and O–H groups in total. The number of aromatic nitrogens is 2. The molecule has 4 rings (SSSR count). The smallest absolute Gasteiger partial charge is 0.272 e. The van der Waals surface area contributed by atoms with Gasteiger partial charge in [0.1, 0.15) is 5.69 Å². The number of nitrogens with zero attached hydrogens (tertiary/aromatic N) is 3. The minimum atomic E-state index is -0.215. The van der Waals surface area contributed by atoms with E-state index in [1.165, 1.54) is 0 Å². The lowest BCUT2D eigenvalue weighted by Gasteiger charge is -2.27. The molecule has 0 spiro atoms. The van der Waals surface area contributed by atoms with E-state index in [0.717, 1.165) is 18.4 Å². The van der Waals surface area contributed by atoms with Crippen molar-refractivity contribution in [1.29, 1.82) is 0 Å². The first kappa shape index (κ1) is 16.4. The third kappa shape index (κ3) is 3.37. The van der Waals surface area contributed by atoms with Crippen molar-refractivity contribution in [2.45, 2.75) is 32.0 Å². The molecule has 0 bridgehead atoms. The van der Waals surface area contributed by atoms with Crippen LogP contribution in [0.2, 0.25) is 10.0 Å². The SMILES string of the molecule is O=C(NC1CC1)c1cc2n(n1)CCN(Cc1ccc(Cl)c(Cl)c1)C2=O. The van der Waals surface area contributed by atoms with E-state index in [1.807, 2.05) is 6.07 Å². The molecule has 1 aromatic heterocycles. The summed E-state index contributed by atoms with van der Waals surface area (Å²) >= 11 is 12.0. The van der Waals surface area contributed by atoms with Gasteiger partial charge in [0.05, 0.1) is 16.6 Å². The average Bonchev–Trinajstić information content (AvgIpc) is 3.28. The van der Waals surface area contributed by atoms with Crippen molar-refractivity contribution in [1.82, 2.24) is 20.0 Å². The molecule has 25 heavy (non-hydrogen) atoms. The number of carbonyl (C=O) groups is 2. The van der Waals surface area contributed by atoms with Gasteiger partial charge in [-0.25, -0.2) is 0 Å². The Morgan fingerprint density at radius 2 is 2.00 bits per heavy atom. The lowest BCUT2D eigenvalue weighted by atomic mass is 10.2. The van der Waals surface area contributed by atoms with Gasteiger partial charge < -0.3 is 10.2 Å². The molecule has 6 nitrogen and oxygen atoms in total. The summed E-state index contributed by atoms with van der Waals surface area (Å²) < 4.78 is 1.61. The summed E-state index contributed by atoms with van der Waals surface area (Å²) in [6.07, 6.45) is 2.02. The Hall–Kier alpha value is -2.05. The first-order chi connectivity index (χ1) is 12.0. The number of nitrogens with one attached hydrogen (secondary N) is 1. The highest BCUT2D eigenvalue weighted by Crippen LogP contribution is 2.24. The summed E-state index contributed by atoms with van der Waals surface area (Å²) in [5.74, 6) is -0.358. The summed E-state index contributed by atoms with van der Waals surface area (Å²) in [4.78, 5) is 26.6. The van der Waals surface area contributed by atoms with E-state index in [9.17, 15) is 9.59 Å². The third-order valence-electron chi connectivity index (χ3n) is 4.37. The standard InChI is InChI=1S/C17H16Cl2N4O2/c18-12-4-1-10(7-13(12)19)9-22-5-6-23-15(17(22)25)8-14(21-23)16(24)20-11-2-3-11/h1,4,7-8,11H,2-3,5-6,9H2,(H,20,24). The van der Waals surface area contributed by atoms with Gasteiger partial charge >= 0.3 is 0 Å². The summed E-state index contributed by atoms with van der Waals surface area (Å²) in [6, 6.07) is 7.16. The molecular formula is C17H16Cl2N4O2. The van der Waals surface area contributed by atoms with Crippen LogP contribution in [0.5, 0.6) is 0 Å². The Bertz CT molecular complexity index is 860. The van der Waals surface area contributed by atoms with Crippen molar-refractivity contribution >= 4 is 35.0 Å². The number of hydrogen-bond acceptors (Lipinski definition) is 3. The Kier molecular flexibility index (Phi) is 4.17. The van der Waals surface area contributed by atoms with E-state index in [2.05, 4.69) is 10.4 Å². The topological polar surface area (TPSA) is 67.2 Å². The van der Waals surface area contributed by atoms with Crippen molar-refractivity contribution in [2.24, 2.45) is 0 Å².